The molecule has 1 atom stereocenters. The van der Waals surface area contributed by atoms with Crippen LogP contribution in [0.25, 0.3) is 0 Å². The lowest BCUT2D eigenvalue weighted by molar-refractivity contribution is 0.181. The summed E-state index contributed by atoms with van der Waals surface area (Å²) < 4.78 is 5.48. The van der Waals surface area contributed by atoms with Gasteiger partial charge in [-0.1, -0.05) is 18.2 Å². The monoisotopic (exact) mass is 293 g/mol. The molecule has 0 bridgehead atoms. The van der Waals surface area contributed by atoms with E-state index in [0.717, 1.165) is 50.5 Å². The highest BCUT2D eigenvalue weighted by Gasteiger charge is 2.24. The minimum atomic E-state index is 0.190. The first-order valence-corrected chi connectivity index (χ1v) is 7.70. The Balaban J connectivity index is 2.10. The second-order valence-corrected chi connectivity index (χ2v) is 5.45. The summed E-state index contributed by atoms with van der Waals surface area (Å²) in [5.74, 6) is 0.907. The van der Waals surface area contributed by atoms with Crippen LogP contribution in [-0.2, 0) is 0 Å². The molecule has 1 saturated heterocycles. The van der Waals surface area contributed by atoms with E-state index in [1.165, 1.54) is 0 Å². The Morgan fingerprint density at radius 1 is 1.24 bits per heavy atom. The molecule has 2 rings (SSSR count). The Bertz CT molecular complexity index is 428. The zero-order valence-electron chi connectivity index (χ0n) is 12.9. The van der Waals surface area contributed by atoms with Gasteiger partial charge >= 0.3 is 0 Å². The number of para-hydroxylation sites is 1. The summed E-state index contributed by atoms with van der Waals surface area (Å²) in [5.41, 5.74) is 7.22. The largest absolute Gasteiger partial charge is 0.496 e. The van der Waals surface area contributed by atoms with Crippen LogP contribution in [0.1, 0.15) is 18.0 Å². The molecule has 0 aromatic heterocycles. The lowest BCUT2D eigenvalue weighted by atomic mass is 10.0. The number of aliphatic hydroxyl groups is 1. The summed E-state index contributed by atoms with van der Waals surface area (Å²) in [4.78, 5) is 4.75. The molecule has 1 aromatic carbocycles. The Hall–Kier alpha value is -1.14. The van der Waals surface area contributed by atoms with Crippen LogP contribution in [0, 0.1) is 0 Å². The number of aliphatic hydroxyl groups excluding tert-OH is 1. The molecule has 1 aliphatic rings. The number of benzene rings is 1. The van der Waals surface area contributed by atoms with Gasteiger partial charge in [0.05, 0.1) is 19.8 Å². The average Bonchev–Trinajstić information content (AvgIpc) is 2.75. The maximum Gasteiger partial charge on any atom is 0.123 e. The van der Waals surface area contributed by atoms with Crippen LogP contribution in [0.5, 0.6) is 5.75 Å². The second kappa shape index (κ2) is 8.34. The predicted molar refractivity (Wildman–Crippen MR) is 84.5 cm³/mol. The highest BCUT2D eigenvalue weighted by atomic mass is 16.5. The third kappa shape index (κ3) is 4.17. The second-order valence-electron chi connectivity index (χ2n) is 5.45. The number of methoxy groups -OCH3 is 1. The summed E-state index contributed by atoms with van der Waals surface area (Å²) >= 11 is 0. The lowest BCUT2D eigenvalue weighted by Crippen LogP contribution is -2.37. The van der Waals surface area contributed by atoms with Crippen molar-refractivity contribution in [2.24, 2.45) is 5.73 Å². The Morgan fingerprint density at radius 2 is 2.05 bits per heavy atom. The van der Waals surface area contributed by atoms with Gasteiger partial charge in [0.15, 0.2) is 0 Å². The number of nitrogens with zero attached hydrogens (tertiary/aromatic N) is 2. The van der Waals surface area contributed by atoms with Gasteiger partial charge in [-0.05, 0) is 19.0 Å². The molecule has 1 aromatic rings. The van der Waals surface area contributed by atoms with E-state index < -0.39 is 0 Å². The quantitative estimate of drug-likeness (QED) is 0.808. The van der Waals surface area contributed by atoms with Crippen LogP contribution in [0.15, 0.2) is 24.3 Å². The number of nitrogens with two attached hydrogens (primary N) is 1. The van der Waals surface area contributed by atoms with Gasteiger partial charge in [-0.25, -0.2) is 0 Å². The van der Waals surface area contributed by atoms with Gasteiger partial charge in [0.1, 0.15) is 5.75 Å². The van der Waals surface area contributed by atoms with E-state index >= 15 is 0 Å². The topological polar surface area (TPSA) is 62.0 Å². The molecule has 5 heteroatoms. The van der Waals surface area contributed by atoms with Gasteiger partial charge in [0, 0.05) is 38.3 Å². The van der Waals surface area contributed by atoms with Crippen LogP contribution < -0.4 is 10.5 Å². The van der Waals surface area contributed by atoms with E-state index in [-0.39, 0.29) is 12.6 Å². The van der Waals surface area contributed by atoms with Crippen molar-refractivity contribution in [3.8, 4) is 5.75 Å². The Kier molecular flexibility index (Phi) is 6.45. The van der Waals surface area contributed by atoms with Gasteiger partial charge in [0.25, 0.3) is 0 Å². The number of rotatable bonds is 6. The fraction of sp³-hybridized carbons (Fsp3) is 0.625. The molecule has 0 amide bonds. The average molecular weight is 293 g/mol. The smallest absolute Gasteiger partial charge is 0.123 e. The van der Waals surface area contributed by atoms with Crippen molar-refractivity contribution in [1.82, 2.24) is 9.80 Å². The van der Waals surface area contributed by atoms with Crippen molar-refractivity contribution in [1.29, 1.82) is 0 Å². The minimum absolute atomic E-state index is 0.190. The highest BCUT2D eigenvalue weighted by Crippen LogP contribution is 2.29. The summed E-state index contributed by atoms with van der Waals surface area (Å²) in [6.45, 7) is 5.59. The minimum Gasteiger partial charge on any atom is -0.496 e. The zero-order valence-corrected chi connectivity index (χ0v) is 12.9. The summed E-state index contributed by atoms with van der Waals surface area (Å²) in [6.07, 6.45) is 1.10. The van der Waals surface area contributed by atoms with Crippen molar-refractivity contribution in [3.63, 3.8) is 0 Å². The number of hydrogen-bond donors (Lipinski definition) is 2. The highest BCUT2D eigenvalue weighted by molar-refractivity contribution is 5.36. The summed E-state index contributed by atoms with van der Waals surface area (Å²) in [5, 5.41) is 9.09. The van der Waals surface area contributed by atoms with E-state index in [1.807, 2.05) is 18.2 Å². The van der Waals surface area contributed by atoms with Crippen LogP contribution >= 0.6 is 0 Å². The Morgan fingerprint density at radius 3 is 2.76 bits per heavy atom. The third-order valence-electron chi connectivity index (χ3n) is 4.20. The standard InChI is InChI=1S/C16H27N3O2/c1-21-16-6-3-2-5-14(16)15(13-17)19-8-4-7-18(9-10-19)11-12-20/h2-3,5-6,15,20H,4,7-13,17H2,1H3. The first-order chi connectivity index (χ1) is 10.3. The van der Waals surface area contributed by atoms with Crippen molar-refractivity contribution in [3.05, 3.63) is 29.8 Å². The molecular formula is C16H27N3O2. The molecule has 1 heterocycles. The maximum atomic E-state index is 9.09. The molecule has 0 saturated carbocycles. The summed E-state index contributed by atoms with van der Waals surface area (Å²) in [7, 11) is 1.71. The molecule has 0 spiro atoms. The van der Waals surface area contributed by atoms with E-state index in [1.54, 1.807) is 7.11 Å². The number of hydrogen-bond acceptors (Lipinski definition) is 5. The lowest BCUT2D eigenvalue weighted by Gasteiger charge is -2.31. The van der Waals surface area contributed by atoms with E-state index in [2.05, 4.69) is 15.9 Å². The van der Waals surface area contributed by atoms with Gasteiger partial charge in [-0.3, -0.25) is 9.80 Å². The molecule has 3 N–H and O–H groups in total. The van der Waals surface area contributed by atoms with E-state index in [0.29, 0.717) is 6.54 Å². The first kappa shape index (κ1) is 16.2. The van der Waals surface area contributed by atoms with Crippen molar-refractivity contribution < 1.29 is 9.84 Å². The molecule has 118 valence electrons. The molecule has 0 radical (unpaired) electrons. The molecule has 5 nitrogen and oxygen atoms in total. The normalized spacial score (nSPS) is 19.2. The number of β-amino-alcohol motifs (C(OH)–C–C–N with tert-alkyl or cyclic N) is 1. The zero-order chi connectivity index (χ0) is 15.1. The van der Waals surface area contributed by atoms with Crippen molar-refractivity contribution >= 4 is 0 Å². The van der Waals surface area contributed by atoms with E-state index in [4.69, 9.17) is 15.6 Å². The summed E-state index contributed by atoms with van der Waals surface area (Å²) in [6, 6.07) is 8.31. The van der Waals surface area contributed by atoms with Crippen molar-refractivity contribution in [2.75, 3.05) is 53.0 Å². The van der Waals surface area contributed by atoms with Crippen LogP contribution in [-0.4, -0.2) is 67.9 Å². The van der Waals surface area contributed by atoms with Gasteiger partial charge in [0.2, 0.25) is 0 Å². The predicted octanol–water partition coefficient (Wildman–Crippen LogP) is 0.695. The molecule has 1 aliphatic heterocycles. The molecule has 21 heavy (non-hydrogen) atoms. The fourth-order valence-electron chi connectivity index (χ4n) is 3.08. The van der Waals surface area contributed by atoms with Gasteiger partial charge in [-0.15, -0.1) is 0 Å². The van der Waals surface area contributed by atoms with Crippen LogP contribution in [0.2, 0.25) is 0 Å². The Labute approximate surface area is 127 Å². The number of ether oxygens (including phenoxy) is 1. The third-order valence-corrected chi connectivity index (χ3v) is 4.20. The SMILES string of the molecule is COc1ccccc1C(CN)N1CCCN(CCO)CC1. The van der Waals surface area contributed by atoms with Crippen LogP contribution in [0.3, 0.4) is 0 Å². The first-order valence-electron chi connectivity index (χ1n) is 7.70. The van der Waals surface area contributed by atoms with Gasteiger partial charge < -0.3 is 15.6 Å². The molecule has 0 aliphatic carbocycles. The maximum absolute atomic E-state index is 9.09. The molecule has 1 fully saturated rings. The molecular weight excluding hydrogens is 266 g/mol. The van der Waals surface area contributed by atoms with Crippen molar-refractivity contribution in [2.45, 2.75) is 12.5 Å². The fourth-order valence-corrected chi connectivity index (χ4v) is 3.08. The van der Waals surface area contributed by atoms with Gasteiger partial charge in [-0.2, -0.15) is 0 Å². The van der Waals surface area contributed by atoms with Crippen LogP contribution in [0.4, 0.5) is 0 Å². The van der Waals surface area contributed by atoms with E-state index in [9.17, 15) is 0 Å². The molecule has 1 unspecified atom stereocenters.